The van der Waals surface area contributed by atoms with E-state index in [2.05, 4.69) is 17.0 Å². The largest absolute Gasteiger partial charge is 0.497 e. The number of aliphatic hydroxyl groups is 1. The SMILES string of the molecule is COc1ccc2c(c1)[C@]13CCN(CC4CCC4)[C@H](C2)[C@@]1(O)CCC(=O)C3. The highest BCUT2D eigenvalue weighted by molar-refractivity contribution is 5.82. The quantitative estimate of drug-likeness (QED) is 0.906. The van der Waals surface area contributed by atoms with Gasteiger partial charge in [-0.15, -0.1) is 0 Å². The normalized spacial score (nSPS) is 36.8. The second-order valence-electron chi connectivity index (χ2n) is 9.01. The van der Waals surface area contributed by atoms with E-state index in [0.29, 0.717) is 25.0 Å². The highest BCUT2D eigenvalue weighted by Crippen LogP contribution is 2.58. The zero-order valence-corrected chi connectivity index (χ0v) is 15.7. The minimum atomic E-state index is -0.789. The lowest BCUT2D eigenvalue weighted by Crippen LogP contribution is -2.73. The molecule has 1 saturated heterocycles. The lowest BCUT2D eigenvalue weighted by Gasteiger charge is -2.63. The topological polar surface area (TPSA) is 49.8 Å². The molecule has 1 aromatic rings. The van der Waals surface area contributed by atoms with Gasteiger partial charge in [0.1, 0.15) is 11.5 Å². The Morgan fingerprint density at radius 3 is 2.88 bits per heavy atom. The summed E-state index contributed by atoms with van der Waals surface area (Å²) in [5.74, 6) is 1.93. The summed E-state index contributed by atoms with van der Waals surface area (Å²) >= 11 is 0. The predicted octanol–water partition coefficient (Wildman–Crippen LogP) is 2.85. The third-order valence-corrected chi connectivity index (χ3v) is 7.89. The molecule has 4 aliphatic rings. The van der Waals surface area contributed by atoms with Crippen LogP contribution in [0.5, 0.6) is 5.75 Å². The fourth-order valence-electron chi connectivity index (χ4n) is 6.23. The van der Waals surface area contributed by atoms with Crippen LogP contribution in [0, 0.1) is 5.92 Å². The number of piperidine rings is 1. The van der Waals surface area contributed by atoms with Gasteiger partial charge in [0.05, 0.1) is 12.7 Å². The van der Waals surface area contributed by atoms with Gasteiger partial charge in [0.25, 0.3) is 0 Å². The van der Waals surface area contributed by atoms with Crippen molar-refractivity contribution in [3.63, 3.8) is 0 Å². The Bertz CT molecular complexity index is 743. The third kappa shape index (κ3) is 2.18. The van der Waals surface area contributed by atoms with Crippen LogP contribution < -0.4 is 4.74 Å². The number of benzene rings is 1. The van der Waals surface area contributed by atoms with Crippen LogP contribution in [0.2, 0.25) is 0 Å². The molecule has 3 atom stereocenters. The molecule has 4 heteroatoms. The van der Waals surface area contributed by atoms with E-state index in [1.165, 1.54) is 30.4 Å². The molecule has 2 bridgehead atoms. The molecule has 1 N–H and O–H groups in total. The first-order valence-electron chi connectivity index (χ1n) is 10.2. The van der Waals surface area contributed by atoms with Crippen molar-refractivity contribution in [2.24, 2.45) is 5.92 Å². The van der Waals surface area contributed by atoms with E-state index in [1.807, 2.05) is 6.07 Å². The average molecular weight is 355 g/mol. The number of carbonyl (C=O) groups is 1. The second kappa shape index (κ2) is 5.80. The van der Waals surface area contributed by atoms with Crippen molar-refractivity contribution in [2.45, 2.75) is 68.4 Å². The first-order chi connectivity index (χ1) is 12.6. The van der Waals surface area contributed by atoms with Crippen LogP contribution in [0.1, 0.15) is 56.1 Å². The van der Waals surface area contributed by atoms with Crippen LogP contribution in [-0.4, -0.2) is 47.6 Å². The molecule has 4 nitrogen and oxygen atoms in total. The number of likely N-dealkylation sites (tertiary alicyclic amines) is 1. The van der Waals surface area contributed by atoms with Crippen molar-refractivity contribution in [2.75, 3.05) is 20.2 Å². The number of methoxy groups -OCH3 is 1. The van der Waals surface area contributed by atoms with Crippen LogP contribution >= 0.6 is 0 Å². The van der Waals surface area contributed by atoms with Crippen LogP contribution in [0.3, 0.4) is 0 Å². The van der Waals surface area contributed by atoms with E-state index in [1.54, 1.807) is 7.11 Å². The first kappa shape index (κ1) is 16.8. The summed E-state index contributed by atoms with van der Waals surface area (Å²) in [5, 5.41) is 12.0. The summed E-state index contributed by atoms with van der Waals surface area (Å²) in [6.45, 7) is 2.11. The van der Waals surface area contributed by atoms with Crippen LogP contribution in [0.25, 0.3) is 0 Å². The summed E-state index contributed by atoms with van der Waals surface area (Å²) in [5.41, 5.74) is 1.26. The van der Waals surface area contributed by atoms with Gasteiger partial charge in [0.15, 0.2) is 0 Å². The van der Waals surface area contributed by atoms with Crippen molar-refractivity contribution in [1.29, 1.82) is 0 Å². The molecule has 0 amide bonds. The van der Waals surface area contributed by atoms with Gasteiger partial charge in [-0.25, -0.2) is 0 Å². The Morgan fingerprint density at radius 2 is 2.15 bits per heavy atom. The van der Waals surface area contributed by atoms with Gasteiger partial charge in [0.2, 0.25) is 0 Å². The number of Topliss-reactive ketones (excluding diaryl/α,β-unsaturated/α-hetero) is 1. The van der Waals surface area contributed by atoms with Gasteiger partial charge in [0, 0.05) is 30.8 Å². The van der Waals surface area contributed by atoms with Gasteiger partial charge in [-0.1, -0.05) is 12.5 Å². The molecule has 5 rings (SSSR count). The zero-order chi connectivity index (χ0) is 17.9. The monoisotopic (exact) mass is 355 g/mol. The molecule has 0 spiro atoms. The maximum absolute atomic E-state index is 12.5. The number of rotatable bonds is 3. The molecule has 140 valence electrons. The standard InChI is InChI=1S/C22H29NO3/c1-26-18-6-5-16-11-20-22(25)8-7-17(24)13-21(22,19(16)12-18)9-10-23(20)14-15-3-2-4-15/h5-6,12,15,20,25H,2-4,7-11,13-14H2,1H3/t20-,21-,22+/m1/s1. The van der Waals surface area contributed by atoms with Crippen molar-refractivity contribution < 1.29 is 14.6 Å². The van der Waals surface area contributed by atoms with Gasteiger partial charge in [-0.2, -0.15) is 0 Å². The van der Waals surface area contributed by atoms with Crippen LogP contribution in [0.4, 0.5) is 0 Å². The maximum Gasteiger partial charge on any atom is 0.134 e. The van der Waals surface area contributed by atoms with Crippen LogP contribution in [-0.2, 0) is 16.6 Å². The number of hydrogen-bond donors (Lipinski definition) is 1. The van der Waals surface area contributed by atoms with E-state index in [4.69, 9.17) is 4.74 Å². The highest BCUT2D eigenvalue weighted by Gasteiger charge is 2.64. The lowest BCUT2D eigenvalue weighted by atomic mass is 9.49. The molecule has 2 saturated carbocycles. The number of hydrogen-bond acceptors (Lipinski definition) is 4. The Labute approximate surface area is 155 Å². The van der Waals surface area contributed by atoms with Gasteiger partial charge in [-0.3, -0.25) is 9.69 Å². The Hall–Kier alpha value is -1.39. The van der Waals surface area contributed by atoms with Crippen molar-refractivity contribution in [3.05, 3.63) is 29.3 Å². The summed E-state index contributed by atoms with van der Waals surface area (Å²) in [6, 6.07) is 6.42. The van der Waals surface area contributed by atoms with E-state index in [-0.39, 0.29) is 6.04 Å². The molecule has 3 aliphatic carbocycles. The second-order valence-corrected chi connectivity index (χ2v) is 9.01. The summed E-state index contributed by atoms with van der Waals surface area (Å²) < 4.78 is 5.47. The average Bonchev–Trinajstić information content (AvgIpc) is 2.60. The van der Waals surface area contributed by atoms with E-state index < -0.39 is 11.0 Å². The van der Waals surface area contributed by atoms with Crippen molar-refractivity contribution >= 4 is 5.78 Å². The number of nitrogens with zero attached hydrogens (tertiary/aromatic N) is 1. The molecule has 0 unspecified atom stereocenters. The summed E-state index contributed by atoms with van der Waals surface area (Å²) in [6.07, 6.45) is 7.39. The summed E-state index contributed by atoms with van der Waals surface area (Å²) in [4.78, 5) is 15.0. The Balaban J connectivity index is 1.61. The molecule has 0 aromatic heterocycles. The fraction of sp³-hybridized carbons (Fsp3) is 0.682. The van der Waals surface area contributed by atoms with E-state index in [0.717, 1.165) is 37.6 Å². The first-order valence-corrected chi connectivity index (χ1v) is 10.2. The van der Waals surface area contributed by atoms with Gasteiger partial charge < -0.3 is 9.84 Å². The molecular formula is C22H29NO3. The molecule has 1 aromatic carbocycles. The number of fused-ring (bicyclic) bond motifs is 1. The highest BCUT2D eigenvalue weighted by atomic mass is 16.5. The molecule has 26 heavy (non-hydrogen) atoms. The lowest BCUT2D eigenvalue weighted by molar-refractivity contribution is -0.174. The smallest absolute Gasteiger partial charge is 0.134 e. The van der Waals surface area contributed by atoms with Gasteiger partial charge in [-0.05, 0) is 67.8 Å². The minimum absolute atomic E-state index is 0.144. The van der Waals surface area contributed by atoms with Crippen molar-refractivity contribution in [3.8, 4) is 5.75 Å². The third-order valence-electron chi connectivity index (χ3n) is 7.89. The van der Waals surface area contributed by atoms with Gasteiger partial charge >= 0.3 is 0 Å². The Morgan fingerprint density at radius 1 is 1.31 bits per heavy atom. The zero-order valence-electron chi connectivity index (χ0n) is 15.7. The molecule has 1 heterocycles. The fourth-order valence-corrected chi connectivity index (χ4v) is 6.23. The predicted molar refractivity (Wildman–Crippen MR) is 99.5 cm³/mol. The number of ether oxygens (including phenoxy) is 1. The number of carbonyl (C=O) groups excluding carboxylic acids is 1. The summed E-state index contributed by atoms with van der Waals surface area (Å²) in [7, 11) is 1.68. The molecule has 3 fully saturated rings. The van der Waals surface area contributed by atoms with Crippen molar-refractivity contribution in [1.82, 2.24) is 4.90 Å². The molecule has 0 radical (unpaired) electrons. The van der Waals surface area contributed by atoms with E-state index in [9.17, 15) is 9.90 Å². The Kier molecular flexibility index (Phi) is 3.74. The van der Waals surface area contributed by atoms with E-state index >= 15 is 0 Å². The maximum atomic E-state index is 12.5. The molecular weight excluding hydrogens is 326 g/mol. The molecule has 1 aliphatic heterocycles. The van der Waals surface area contributed by atoms with Crippen LogP contribution in [0.15, 0.2) is 18.2 Å². The number of ketones is 1. The minimum Gasteiger partial charge on any atom is -0.497 e.